The second kappa shape index (κ2) is 8.04. The number of piperidine rings is 1. The lowest BCUT2D eigenvalue weighted by atomic mass is 10.1. The third kappa shape index (κ3) is 4.34. The molecule has 20 heavy (non-hydrogen) atoms. The van der Waals surface area contributed by atoms with Gasteiger partial charge in [0, 0.05) is 38.8 Å². The maximum absolute atomic E-state index is 12.1. The van der Waals surface area contributed by atoms with Crippen LogP contribution in [0.3, 0.4) is 0 Å². The van der Waals surface area contributed by atoms with Gasteiger partial charge in [-0.15, -0.1) is 0 Å². The molecular weight excluding hydrogens is 252 g/mol. The summed E-state index contributed by atoms with van der Waals surface area (Å²) in [6.45, 7) is 6.60. The first kappa shape index (κ1) is 15.0. The molecule has 1 aromatic heterocycles. The third-order valence-corrected chi connectivity index (χ3v) is 3.81. The van der Waals surface area contributed by atoms with E-state index >= 15 is 0 Å². The number of rotatable bonds is 7. The van der Waals surface area contributed by atoms with Gasteiger partial charge in [0.15, 0.2) is 0 Å². The molecule has 1 amide bonds. The van der Waals surface area contributed by atoms with E-state index in [4.69, 9.17) is 0 Å². The lowest BCUT2D eigenvalue weighted by molar-refractivity contribution is -0.132. The number of aryl methyl sites for hydroxylation is 1. The fourth-order valence-electron chi connectivity index (χ4n) is 2.61. The predicted octanol–water partition coefficient (Wildman–Crippen LogP) is 1.79. The Balaban J connectivity index is 1.78. The first-order valence-corrected chi connectivity index (χ1v) is 7.78. The molecule has 1 aliphatic rings. The van der Waals surface area contributed by atoms with E-state index in [2.05, 4.69) is 21.8 Å². The average molecular weight is 278 g/mol. The van der Waals surface area contributed by atoms with Crippen molar-refractivity contribution in [1.29, 1.82) is 0 Å². The molecule has 1 aromatic rings. The first-order chi connectivity index (χ1) is 9.81. The average Bonchev–Trinajstić information content (AvgIpc) is 2.93. The summed E-state index contributed by atoms with van der Waals surface area (Å²) >= 11 is 0. The highest BCUT2D eigenvalue weighted by Gasteiger charge is 2.16. The highest BCUT2D eigenvalue weighted by atomic mass is 16.2. The Hall–Kier alpha value is -1.36. The minimum Gasteiger partial charge on any atom is -0.343 e. The van der Waals surface area contributed by atoms with Crippen LogP contribution in [-0.4, -0.2) is 40.0 Å². The van der Waals surface area contributed by atoms with Gasteiger partial charge in [-0.3, -0.25) is 4.79 Å². The topological polar surface area (TPSA) is 50.2 Å². The van der Waals surface area contributed by atoms with Crippen LogP contribution in [0.25, 0.3) is 0 Å². The molecule has 0 unspecified atom stereocenters. The highest BCUT2D eigenvalue weighted by Crippen LogP contribution is 2.10. The summed E-state index contributed by atoms with van der Waals surface area (Å²) in [6, 6.07) is 0. The second-order valence-electron chi connectivity index (χ2n) is 5.45. The van der Waals surface area contributed by atoms with Crippen LogP contribution in [0.5, 0.6) is 0 Å². The van der Waals surface area contributed by atoms with Gasteiger partial charge in [-0.05, 0) is 32.2 Å². The summed E-state index contributed by atoms with van der Waals surface area (Å²) in [5, 5.41) is 3.37. The van der Waals surface area contributed by atoms with Gasteiger partial charge in [0.05, 0.1) is 12.0 Å². The minimum absolute atomic E-state index is 0.283. The predicted molar refractivity (Wildman–Crippen MR) is 79.3 cm³/mol. The maximum atomic E-state index is 12.1. The standard InChI is InChI=1S/C15H26N4O/c1-2-7-16-11-14-12-17-13-19(14)10-6-15(20)18-8-4-3-5-9-18/h12-13,16H,2-11H2,1H3. The molecule has 2 heterocycles. The maximum Gasteiger partial charge on any atom is 0.224 e. The molecule has 0 spiro atoms. The molecule has 0 saturated carbocycles. The van der Waals surface area contributed by atoms with Crippen LogP contribution in [0.15, 0.2) is 12.5 Å². The van der Waals surface area contributed by atoms with Gasteiger partial charge in [-0.1, -0.05) is 6.92 Å². The van der Waals surface area contributed by atoms with E-state index < -0.39 is 0 Å². The number of carbonyl (C=O) groups excluding carboxylic acids is 1. The van der Waals surface area contributed by atoms with Crippen molar-refractivity contribution >= 4 is 5.91 Å². The van der Waals surface area contributed by atoms with Crippen LogP contribution in [-0.2, 0) is 17.9 Å². The number of nitrogens with zero attached hydrogens (tertiary/aromatic N) is 3. The molecule has 2 rings (SSSR count). The van der Waals surface area contributed by atoms with E-state index in [9.17, 15) is 4.79 Å². The van der Waals surface area contributed by atoms with Crippen molar-refractivity contribution in [3.8, 4) is 0 Å². The monoisotopic (exact) mass is 278 g/mol. The number of amides is 1. The number of carbonyl (C=O) groups is 1. The van der Waals surface area contributed by atoms with Crippen LogP contribution < -0.4 is 5.32 Å². The molecule has 1 aliphatic heterocycles. The van der Waals surface area contributed by atoms with Gasteiger partial charge < -0.3 is 14.8 Å². The second-order valence-corrected chi connectivity index (χ2v) is 5.45. The van der Waals surface area contributed by atoms with E-state index in [0.29, 0.717) is 6.42 Å². The minimum atomic E-state index is 0.283. The number of aromatic nitrogens is 2. The largest absolute Gasteiger partial charge is 0.343 e. The zero-order chi connectivity index (χ0) is 14.2. The number of hydrogen-bond acceptors (Lipinski definition) is 3. The molecule has 1 N–H and O–H groups in total. The molecule has 5 nitrogen and oxygen atoms in total. The van der Waals surface area contributed by atoms with Crippen molar-refractivity contribution in [3.63, 3.8) is 0 Å². The summed E-state index contributed by atoms with van der Waals surface area (Å²) in [7, 11) is 0. The quantitative estimate of drug-likeness (QED) is 0.774. The Morgan fingerprint density at radius 1 is 1.35 bits per heavy atom. The zero-order valence-electron chi connectivity index (χ0n) is 12.5. The molecule has 0 radical (unpaired) electrons. The molecule has 5 heteroatoms. The lowest BCUT2D eigenvalue weighted by Gasteiger charge is -2.26. The van der Waals surface area contributed by atoms with E-state index in [1.807, 2.05) is 17.4 Å². The summed E-state index contributed by atoms with van der Waals surface area (Å²) in [4.78, 5) is 18.3. The van der Waals surface area contributed by atoms with Crippen LogP contribution in [0, 0.1) is 0 Å². The molecule has 112 valence electrons. The Morgan fingerprint density at radius 3 is 2.90 bits per heavy atom. The Bertz CT molecular complexity index is 410. The van der Waals surface area contributed by atoms with E-state index in [1.54, 1.807) is 0 Å². The molecule has 1 saturated heterocycles. The normalized spacial score (nSPS) is 15.6. The summed E-state index contributed by atoms with van der Waals surface area (Å²) in [5.41, 5.74) is 1.16. The van der Waals surface area contributed by atoms with Crippen LogP contribution in [0.2, 0.25) is 0 Å². The van der Waals surface area contributed by atoms with Crippen molar-refractivity contribution in [2.45, 2.75) is 52.1 Å². The van der Waals surface area contributed by atoms with Gasteiger partial charge in [-0.25, -0.2) is 4.98 Å². The van der Waals surface area contributed by atoms with Crippen LogP contribution in [0.4, 0.5) is 0 Å². The first-order valence-electron chi connectivity index (χ1n) is 7.78. The van der Waals surface area contributed by atoms with Crippen molar-refractivity contribution in [2.75, 3.05) is 19.6 Å². The summed E-state index contributed by atoms with van der Waals surface area (Å²) in [5.74, 6) is 0.283. The summed E-state index contributed by atoms with van der Waals surface area (Å²) in [6.07, 6.45) is 8.99. The molecule has 0 bridgehead atoms. The number of likely N-dealkylation sites (tertiary alicyclic amines) is 1. The fourth-order valence-corrected chi connectivity index (χ4v) is 2.61. The number of imidazole rings is 1. The summed E-state index contributed by atoms with van der Waals surface area (Å²) < 4.78 is 2.09. The Kier molecular flexibility index (Phi) is 6.05. The number of nitrogens with one attached hydrogen (secondary N) is 1. The Morgan fingerprint density at radius 2 is 2.15 bits per heavy atom. The molecule has 0 aliphatic carbocycles. The van der Waals surface area contributed by atoms with E-state index in [0.717, 1.165) is 57.7 Å². The van der Waals surface area contributed by atoms with Crippen LogP contribution >= 0.6 is 0 Å². The molecular formula is C15H26N4O. The van der Waals surface area contributed by atoms with Crippen LogP contribution in [0.1, 0.15) is 44.7 Å². The Labute approximate surface area is 121 Å². The third-order valence-electron chi connectivity index (χ3n) is 3.81. The van der Waals surface area contributed by atoms with E-state index in [-0.39, 0.29) is 5.91 Å². The van der Waals surface area contributed by atoms with E-state index in [1.165, 1.54) is 6.42 Å². The van der Waals surface area contributed by atoms with Crippen molar-refractivity contribution in [3.05, 3.63) is 18.2 Å². The molecule has 1 fully saturated rings. The van der Waals surface area contributed by atoms with Gasteiger partial charge >= 0.3 is 0 Å². The SMILES string of the molecule is CCCNCc1cncn1CCC(=O)N1CCCCC1. The van der Waals surface area contributed by atoms with Crippen molar-refractivity contribution < 1.29 is 4.79 Å². The zero-order valence-corrected chi connectivity index (χ0v) is 12.5. The molecule has 0 atom stereocenters. The van der Waals surface area contributed by atoms with Gasteiger partial charge in [0.2, 0.25) is 5.91 Å². The lowest BCUT2D eigenvalue weighted by Crippen LogP contribution is -2.36. The van der Waals surface area contributed by atoms with Gasteiger partial charge in [-0.2, -0.15) is 0 Å². The molecule has 0 aromatic carbocycles. The highest BCUT2D eigenvalue weighted by molar-refractivity contribution is 5.76. The van der Waals surface area contributed by atoms with Crippen molar-refractivity contribution in [2.24, 2.45) is 0 Å². The van der Waals surface area contributed by atoms with Gasteiger partial charge in [0.25, 0.3) is 0 Å². The fraction of sp³-hybridized carbons (Fsp3) is 0.733. The van der Waals surface area contributed by atoms with Gasteiger partial charge in [0.1, 0.15) is 0 Å². The van der Waals surface area contributed by atoms with Crippen molar-refractivity contribution in [1.82, 2.24) is 19.8 Å². The smallest absolute Gasteiger partial charge is 0.224 e. The number of hydrogen-bond donors (Lipinski definition) is 1.